The number of aliphatic hydroxyl groups excluding tert-OH is 1. The fourth-order valence-electron chi connectivity index (χ4n) is 6.80. The van der Waals surface area contributed by atoms with E-state index in [9.17, 15) is 14.7 Å². The minimum Gasteiger partial charge on any atom is -0.469 e. The molecule has 5 nitrogen and oxygen atoms in total. The van der Waals surface area contributed by atoms with Gasteiger partial charge in [0.15, 0.2) is 0 Å². The van der Waals surface area contributed by atoms with E-state index in [1.807, 2.05) is 30.4 Å². The van der Waals surface area contributed by atoms with Crippen LogP contribution in [-0.2, 0) is 18.8 Å². The molecule has 0 spiro atoms. The molecule has 0 radical (unpaired) electrons. The number of thiophene rings is 1. The minimum absolute atomic E-state index is 0.0541. The molecule has 5 rings (SSSR count). The quantitative estimate of drug-likeness (QED) is 0.0679. The number of esters is 1. The Morgan fingerprint density at radius 3 is 2.23 bits per heavy atom. The minimum atomic E-state index is -2.94. The average molecular weight is 667 g/mol. The Bertz CT molecular complexity index is 1620. The number of benzene rings is 3. The van der Waals surface area contributed by atoms with Gasteiger partial charge in [-0.05, 0) is 52.2 Å². The second kappa shape index (κ2) is 15.5. The third-order valence-corrected chi connectivity index (χ3v) is 15.4. The zero-order chi connectivity index (χ0) is 33.4. The largest absolute Gasteiger partial charge is 0.469 e. The Kier molecular flexibility index (Phi) is 11.5. The SMILES string of the molecule is COC(=O)CCC/C=C/C[C@H]1[C@@H](O)CC(=O)[C@@H]1/C=C/[C@@H](O[Si](c1ccccc1)(c1ccccc1)C(C)(C)C)c1cc2ccccc2s1. The van der Waals surface area contributed by atoms with Crippen LogP contribution in [0.15, 0.2) is 115 Å². The van der Waals surface area contributed by atoms with E-state index >= 15 is 0 Å². The van der Waals surface area contributed by atoms with Crippen LogP contribution < -0.4 is 10.4 Å². The first-order valence-electron chi connectivity index (χ1n) is 16.5. The molecule has 1 aliphatic rings. The van der Waals surface area contributed by atoms with Crippen molar-refractivity contribution in [3.63, 3.8) is 0 Å². The predicted molar refractivity (Wildman–Crippen MR) is 195 cm³/mol. The highest BCUT2D eigenvalue weighted by molar-refractivity contribution is 7.19. The number of carbonyl (C=O) groups excluding carboxylic acids is 2. The van der Waals surface area contributed by atoms with Crippen molar-refractivity contribution < 1.29 is 23.9 Å². The number of ether oxygens (including phenoxy) is 1. The summed E-state index contributed by atoms with van der Waals surface area (Å²) < 4.78 is 13.6. The lowest BCUT2D eigenvalue weighted by Gasteiger charge is -2.44. The molecule has 0 amide bonds. The van der Waals surface area contributed by atoms with Gasteiger partial charge < -0.3 is 14.3 Å². The Morgan fingerprint density at radius 2 is 1.62 bits per heavy atom. The van der Waals surface area contributed by atoms with Gasteiger partial charge in [0, 0.05) is 34.3 Å². The highest BCUT2D eigenvalue weighted by Crippen LogP contribution is 2.43. The maximum absolute atomic E-state index is 13.3. The van der Waals surface area contributed by atoms with Crippen LogP contribution in [0.1, 0.15) is 63.9 Å². The zero-order valence-electron chi connectivity index (χ0n) is 27.8. The van der Waals surface area contributed by atoms with Crippen molar-refractivity contribution in [3.05, 3.63) is 120 Å². The van der Waals surface area contributed by atoms with Crippen molar-refractivity contribution in [1.29, 1.82) is 0 Å². The van der Waals surface area contributed by atoms with E-state index < -0.39 is 26.4 Å². The van der Waals surface area contributed by atoms with Crippen LogP contribution in [0.4, 0.5) is 0 Å². The fraction of sp³-hybridized carbons (Fsp3) is 0.350. The molecule has 0 unspecified atom stereocenters. The lowest BCUT2D eigenvalue weighted by molar-refractivity contribution is -0.140. The number of carbonyl (C=O) groups is 2. The second-order valence-corrected chi connectivity index (χ2v) is 18.7. The smallest absolute Gasteiger partial charge is 0.305 e. The number of hydrogen-bond donors (Lipinski definition) is 1. The van der Waals surface area contributed by atoms with E-state index in [2.05, 4.69) is 106 Å². The fourth-order valence-corrected chi connectivity index (χ4v) is 12.6. The highest BCUT2D eigenvalue weighted by Gasteiger charge is 2.51. The molecular formula is C40H46O5SSi. The van der Waals surface area contributed by atoms with Gasteiger partial charge in [0.05, 0.1) is 19.3 Å². The van der Waals surface area contributed by atoms with Gasteiger partial charge in [-0.2, -0.15) is 0 Å². The number of methoxy groups -OCH3 is 1. The summed E-state index contributed by atoms with van der Waals surface area (Å²) in [5.74, 6) is -0.789. The summed E-state index contributed by atoms with van der Waals surface area (Å²) in [6.45, 7) is 6.82. The molecular weight excluding hydrogens is 621 g/mol. The Hall–Kier alpha value is -3.62. The normalized spacial score (nSPS) is 19.6. The van der Waals surface area contributed by atoms with E-state index in [-0.39, 0.29) is 29.1 Å². The zero-order valence-corrected chi connectivity index (χ0v) is 29.6. The van der Waals surface area contributed by atoms with Gasteiger partial charge in [0.1, 0.15) is 5.78 Å². The second-order valence-electron chi connectivity index (χ2n) is 13.4. The number of ketones is 1. The summed E-state index contributed by atoms with van der Waals surface area (Å²) >= 11 is 1.72. The van der Waals surface area contributed by atoms with Crippen LogP contribution in [0, 0.1) is 11.8 Å². The standard InChI is InChI=1S/C40H46O5SSi/c1-40(2,3)47(30-18-9-7-10-19-30,31-20-11-8-12-21-31)45-36(38-27-29-17-15-16-23-37(29)46-38)26-25-33-32(34(41)28-35(33)42)22-13-5-6-14-24-39(43)44-4/h5,7-13,15-21,23,25-27,32-34,36,41H,6,14,22,24,28H2,1-4H3/b13-5+,26-25+/t32-,33-,34+,36-/m1/s1. The summed E-state index contributed by atoms with van der Waals surface area (Å²) in [7, 11) is -1.54. The molecule has 1 saturated carbocycles. The molecule has 1 N–H and O–H groups in total. The molecule has 7 heteroatoms. The lowest BCUT2D eigenvalue weighted by atomic mass is 9.90. The number of aliphatic hydroxyl groups is 1. The number of hydrogen-bond acceptors (Lipinski definition) is 6. The van der Waals surface area contributed by atoms with Crippen molar-refractivity contribution in [2.45, 2.75) is 70.1 Å². The summed E-state index contributed by atoms with van der Waals surface area (Å²) in [6, 6.07) is 31.8. The molecule has 4 atom stereocenters. The van der Waals surface area contributed by atoms with E-state index in [4.69, 9.17) is 9.16 Å². The van der Waals surface area contributed by atoms with Gasteiger partial charge in [0.25, 0.3) is 8.32 Å². The molecule has 0 aliphatic heterocycles. The van der Waals surface area contributed by atoms with Crippen molar-refractivity contribution in [2.24, 2.45) is 11.8 Å². The molecule has 1 heterocycles. The van der Waals surface area contributed by atoms with Gasteiger partial charge >= 0.3 is 5.97 Å². The maximum atomic E-state index is 13.3. The Morgan fingerprint density at radius 1 is 0.979 bits per heavy atom. The van der Waals surface area contributed by atoms with E-state index in [0.717, 1.165) is 11.3 Å². The third-order valence-electron chi connectivity index (χ3n) is 9.23. The van der Waals surface area contributed by atoms with E-state index in [0.29, 0.717) is 19.3 Å². The monoisotopic (exact) mass is 666 g/mol. The van der Waals surface area contributed by atoms with Gasteiger partial charge in [-0.3, -0.25) is 9.59 Å². The van der Waals surface area contributed by atoms with Crippen LogP contribution in [0.2, 0.25) is 5.04 Å². The van der Waals surface area contributed by atoms with E-state index in [1.54, 1.807) is 11.3 Å². The van der Waals surface area contributed by atoms with Gasteiger partial charge in [-0.1, -0.05) is 124 Å². The highest BCUT2D eigenvalue weighted by atomic mass is 32.1. The first-order valence-corrected chi connectivity index (χ1v) is 19.2. The number of fused-ring (bicyclic) bond motifs is 1. The first-order chi connectivity index (χ1) is 22.6. The predicted octanol–water partition coefficient (Wildman–Crippen LogP) is 7.93. The van der Waals surface area contributed by atoms with Gasteiger partial charge in [0.2, 0.25) is 0 Å². The molecule has 0 bridgehead atoms. The molecule has 1 aliphatic carbocycles. The van der Waals surface area contributed by atoms with Crippen LogP contribution in [0.25, 0.3) is 10.1 Å². The molecule has 1 aromatic heterocycles. The first kappa shape index (κ1) is 34.7. The van der Waals surface area contributed by atoms with E-state index in [1.165, 1.54) is 27.6 Å². The molecule has 1 fully saturated rings. The Labute approximate surface area is 284 Å². The van der Waals surface area contributed by atoms with Crippen LogP contribution in [0.3, 0.4) is 0 Å². The van der Waals surface area contributed by atoms with Crippen molar-refractivity contribution in [3.8, 4) is 0 Å². The average Bonchev–Trinajstić information content (AvgIpc) is 3.62. The van der Waals surface area contributed by atoms with Gasteiger partial charge in [-0.25, -0.2) is 0 Å². The van der Waals surface area contributed by atoms with Crippen molar-refractivity contribution in [1.82, 2.24) is 0 Å². The molecule has 246 valence electrons. The summed E-state index contributed by atoms with van der Waals surface area (Å²) in [6.07, 6.45) is 9.61. The summed E-state index contributed by atoms with van der Waals surface area (Å²) in [5.41, 5.74) is 0. The lowest BCUT2D eigenvalue weighted by Crippen LogP contribution is -2.66. The van der Waals surface area contributed by atoms with Crippen molar-refractivity contribution >= 4 is 51.9 Å². The van der Waals surface area contributed by atoms with Gasteiger partial charge in [-0.15, -0.1) is 11.3 Å². The number of Topliss-reactive ketones (excluding diaryl/α,β-unsaturated/α-hetero) is 1. The number of allylic oxidation sites excluding steroid dienone is 3. The third kappa shape index (κ3) is 7.92. The maximum Gasteiger partial charge on any atom is 0.305 e. The number of unbranched alkanes of at least 4 members (excludes halogenated alkanes) is 1. The molecule has 3 aromatic carbocycles. The molecule has 0 saturated heterocycles. The van der Waals surface area contributed by atoms with Crippen molar-refractivity contribution in [2.75, 3.05) is 7.11 Å². The molecule has 4 aromatic rings. The number of rotatable bonds is 13. The van der Waals surface area contributed by atoms with Crippen LogP contribution >= 0.6 is 11.3 Å². The van der Waals surface area contributed by atoms with Crippen LogP contribution in [-0.4, -0.2) is 38.4 Å². The summed E-state index contributed by atoms with van der Waals surface area (Å²) in [4.78, 5) is 25.8. The Balaban J connectivity index is 1.52. The molecule has 47 heavy (non-hydrogen) atoms. The topological polar surface area (TPSA) is 72.8 Å². The summed E-state index contributed by atoms with van der Waals surface area (Å²) in [5, 5.41) is 14.3. The van der Waals surface area contributed by atoms with Crippen LogP contribution in [0.5, 0.6) is 0 Å².